The van der Waals surface area contributed by atoms with Gasteiger partial charge < -0.3 is 9.30 Å². The van der Waals surface area contributed by atoms with Crippen LogP contribution in [-0.2, 0) is 12.8 Å². The average molecular weight is 420 g/mol. The summed E-state index contributed by atoms with van der Waals surface area (Å²) in [5.41, 5.74) is 8.55. The van der Waals surface area contributed by atoms with Gasteiger partial charge >= 0.3 is 0 Å². The van der Waals surface area contributed by atoms with Crippen molar-refractivity contribution in [2.24, 2.45) is 5.92 Å². The number of hydrogen-bond donors (Lipinski definition) is 0. The van der Waals surface area contributed by atoms with E-state index >= 15 is 0 Å². The first-order valence-corrected chi connectivity index (χ1v) is 12.3. The molecule has 160 valence electrons. The second kappa shape index (κ2) is 7.27. The van der Waals surface area contributed by atoms with Crippen molar-refractivity contribution >= 4 is 16.6 Å². The van der Waals surface area contributed by atoms with E-state index in [1.165, 1.54) is 64.7 Å². The third-order valence-electron chi connectivity index (χ3n) is 7.91. The number of nitrogens with zero attached hydrogens (tertiary/aromatic N) is 1. The van der Waals surface area contributed by atoms with Crippen LogP contribution in [0.5, 0.6) is 5.75 Å². The maximum atomic E-state index is 6.58. The normalized spacial score (nSPS) is 27.6. The summed E-state index contributed by atoms with van der Waals surface area (Å²) in [6.45, 7) is 0. The third-order valence-corrected chi connectivity index (χ3v) is 7.91. The van der Waals surface area contributed by atoms with Crippen molar-refractivity contribution in [3.05, 3.63) is 95.3 Å². The second-order valence-corrected chi connectivity index (χ2v) is 9.74. The van der Waals surface area contributed by atoms with Crippen molar-refractivity contribution in [2.75, 3.05) is 0 Å². The van der Waals surface area contributed by atoms with Gasteiger partial charge in [0.15, 0.2) is 0 Å². The Morgan fingerprint density at radius 3 is 2.72 bits per heavy atom. The maximum Gasteiger partial charge on any atom is 0.133 e. The number of aromatic nitrogens is 1. The molecule has 2 heteroatoms. The van der Waals surface area contributed by atoms with Gasteiger partial charge in [-0.1, -0.05) is 54.7 Å². The van der Waals surface area contributed by atoms with Crippen LogP contribution in [-0.4, -0.2) is 10.7 Å². The Morgan fingerprint density at radius 2 is 1.84 bits per heavy atom. The van der Waals surface area contributed by atoms with Crippen LogP contribution in [0.25, 0.3) is 16.6 Å². The summed E-state index contributed by atoms with van der Waals surface area (Å²) in [7, 11) is 0. The summed E-state index contributed by atoms with van der Waals surface area (Å²) in [5.74, 6) is 2.01. The van der Waals surface area contributed by atoms with E-state index in [2.05, 4.69) is 77.5 Å². The lowest BCUT2D eigenvalue weighted by atomic mass is 9.88. The van der Waals surface area contributed by atoms with E-state index in [9.17, 15) is 0 Å². The molecular formula is C30H29NO. The van der Waals surface area contributed by atoms with Crippen LogP contribution >= 0.6 is 0 Å². The van der Waals surface area contributed by atoms with Crippen LogP contribution in [0.4, 0.5) is 0 Å². The third kappa shape index (κ3) is 2.71. The monoisotopic (exact) mass is 419 g/mol. The molecule has 2 heterocycles. The molecule has 4 aliphatic carbocycles. The Bertz CT molecular complexity index is 1290. The average Bonchev–Trinajstić information content (AvgIpc) is 3.40. The standard InChI is InChI=1S/C30H29NO/c1-2-8-20(9-3-1)21-14-16-22(17-15-21)31-26-12-6-4-11-25(26)29-27(31)19-18-24-23-10-5-7-13-28(23)32-30(24)29/h2,5,7-10,13-14,16-19,21,23,28H,1,3-4,6,11-12,15H2. The fourth-order valence-corrected chi connectivity index (χ4v) is 6.35. The number of benzene rings is 1. The Morgan fingerprint density at radius 1 is 0.906 bits per heavy atom. The van der Waals surface area contributed by atoms with Crippen LogP contribution in [0.3, 0.4) is 0 Å². The largest absolute Gasteiger partial charge is 0.484 e. The van der Waals surface area contributed by atoms with Gasteiger partial charge in [0.2, 0.25) is 0 Å². The first-order chi connectivity index (χ1) is 15.9. The van der Waals surface area contributed by atoms with Gasteiger partial charge in [-0.25, -0.2) is 0 Å². The number of hydrogen-bond acceptors (Lipinski definition) is 1. The van der Waals surface area contributed by atoms with E-state index in [4.69, 9.17) is 4.74 Å². The van der Waals surface area contributed by atoms with Crippen LogP contribution in [0.15, 0.2) is 78.5 Å². The highest BCUT2D eigenvalue weighted by molar-refractivity contribution is 5.96. The molecule has 1 aliphatic heterocycles. The lowest BCUT2D eigenvalue weighted by molar-refractivity contribution is 0.271. The zero-order chi connectivity index (χ0) is 21.1. The van der Waals surface area contributed by atoms with Gasteiger partial charge in [-0.3, -0.25) is 0 Å². The maximum absolute atomic E-state index is 6.58. The minimum atomic E-state index is 0.148. The molecule has 0 spiro atoms. The highest BCUT2D eigenvalue weighted by Crippen LogP contribution is 2.49. The van der Waals surface area contributed by atoms with Gasteiger partial charge in [-0.15, -0.1) is 0 Å². The molecule has 0 radical (unpaired) electrons. The molecule has 5 aliphatic rings. The van der Waals surface area contributed by atoms with Crippen molar-refractivity contribution in [2.45, 2.75) is 57.0 Å². The van der Waals surface area contributed by atoms with Gasteiger partial charge in [-0.05, 0) is 74.3 Å². The lowest BCUT2D eigenvalue weighted by Gasteiger charge is -2.22. The van der Waals surface area contributed by atoms with Gasteiger partial charge in [0.1, 0.15) is 11.9 Å². The zero-order valence-electron chi connectivity index (χ0n) is 18.5. The molecule has 3 atom stereocenters. The van der Waals surface area contributed by atoms with Crippen molar-refractivity contribution in [3.8, 4) is 5.75 Å². The summed E-state index contributed by atoms with van der Waals surface area (Å²) >= 11 is 0. The zero-order valence-corrected chi connectivity index (χ0v) is 18.5. The summed E-state index contributed by atoms with van der Waals surface area (Å²) in [6, 6.07) is 4.68. The number of allylic oxidation sites excluding steroid dienone is 10. The van der Waals surface area contributed by atoms with Gasteiger partial charge in [-0.2, -0.15) is 0 Å². The number of rotatable bonds is 2. The summed E-state index contributed by atoms with van der Waals surface area (Å²) in [4.78, 5) is 0. The lowest BCUT2D eigenvalue weighted by Crippen LogP contribution is -2.15. The first-order valence-electron chi connectivity index (χ1n) is 12.3. The number of ether oxygens (including phenoxy) is 1. The number of fused-ring (bicyclic) bond motifs is 7. The summed E-state index contributed by atoms with van der Waals surface area (Å²) < 4.78 is 9.14. The highest BCUT2D eigenvalue weighted by Gasteiger charge is 2.36. The van der Waals surface area contributed by atoms with E-state index in [0.717, 1.165) is 25.0 Å². The Hall–Kier alpha value is -3.00. The fourth-order valence-electron chi connectivity index (χ4n) is 6.35. The van der Waals surface area contributed by atoms with Gasteiger partial charge in [0.25, 0.3) is 0 Å². The van der Waals surface area contributed by atoms with Crippen molar-refractivity contribution < 1.29 is 4.74 Å². The molecule has 1 aromatic heterocycles. The number of aryl methyl sites for hydroxylation is 1. The molecule has 0 fully saturated rings. The SMILES string of the molecule is C1=CC2Oc3c(ccc4c3c3c(n4C4=CCC(C5=CCCC=C5)C=C4)CCCC3)C2C=C1. The molecule has 0 N–H and O–H groups in total. The predicted molar refractivity (Wildman–Crippen MR) is 132 cm³/mol. The van der Waals surface area contributed by atoms with Crippen molar-refractivity contribution in [1.82, 2.24) is 4.57 Å². The molecule has 0 saturated heterocycles. The van der Waals surface area contributed by atoms with Crippen LogP contribution in [0.2, 0.25) is 0 Å². The Balaban J connectivity index is 1.34. The van der Waals surface area contributed by atoms with E-state index in [0.29, 0.717) is 11.8 Å². The van der Waals surface area contributed by atoms with E-state index in [-0.39, 0.29) is 6.10 Å². The molecule has 0 saturated carbocycles. The highest BCUT2D eigenvalue weighted by atomic mass is 16.5. The Labute approximate surface area is 190 Å². The van der Waals surface area contributed by atoms with E-state index in [1.807, 2.05) is 0 Å². The molecule has 0 bridgehead atoms. The minimum Gasteiger partial charge on any atom is -0.484 e. The molecule has 32 heavy (non-hydrogen) atoms. The molecule has 1 aromatic carbocycles. The van der Waals surface area contributed by atoms with Crippen LogP contribution in [0.1, 0.15) is 54.8 Å². The molecule has 2 nitrogen and oxygen atoms in total. The summed E-state index contributed by atoms with van der Waals surface area (Å²) in [6.07, 6.45) is 31.6. The molecule has 0 amide bonds. The fraction of sp³-hybridized carbons (Fsp3) is 0.333. The van der Waals surface area contributed by atoms with Crippen molar-refractivity contribution in [3.63, 3.8) is 0 Å². The Kier molecular flexibility index (Phi) is 4.21. The predicted octanol–water partition coefficient (Wildman–Crippen LogP) is 7.18. The smallest absolute Gasteiger partial charge is 0.133 e. The molecule has 2 aromatic rings. The first kappa shape index (κ1) is 18.6. The van der Waals surface area contributed by atoms with Crippen molar-refractivity contribution in [1.29, 1.82) is 0 Å². The second-order valence-electron chi connectivity index (χ2n) is 9.74. The topological polar surface area (TPSA) is 14.2 Å². The van der Waals surface area contributed by atoms with Gasteiger partial charge in [0, 0.05) is 34.2 Å². The van der Waals surface area contributed by atoms with E-state index < -0.39 is 0 Å². The van der Waals surface area contributed by atoms with Crippen LogP contribution in [0, 0.1) is 5.92 Å². The molecule has 3 unspecified atom stereocenters. The molecular weight excluding hydrogens is 390 g/mol. The molecule has 7 rings (SSSR count). The summed E-state index contributed by atoms with van der Waals surface area (Å²) in [5, 5.41) is 1.38. The minimum absolute atomic E-state index is 0.148. The van der Waals surface area contributed by atoms with Crippen LogP contribution < -0.4 is 4.74 Å². The van der Waals surface area contributed by atoms with Gasteiger partial charge in [0.05, 0.1) is 5.52 Å². The van der Waals surface area contributed by atoms with E-state index in [1.54, 1.807) is 0 Å². The quantitative estimate of drug-likeness (QED) is 0.503.